The molecule has 1 aliphatic heterocycles. The molecule has 0 aliphatic carbocycles. The highest BCUT2D eigenvalue weighted by Crippen LogP contribution is 2.27. The van der Waals surface area contributed by atoms with Crippen LogP contribution in [0.1, 0.15) is 23.6 Å². The van der Waals surface area contributed by atoms with E-state index in [1.807, 2.05) is 34.7 Å². The minimum Gasteiger partial charge on any atom is -0.366 e. The predicted molar refractivity (Wildman–Crippen MR) is 125 cm³/mol. The van der Waals surface area contributed by atoms with E-state index in [9.17, 15) is 9.65 Å². The van der Waals surface area contributed by atoms with Crippen molar-refractivity contribution in [3.8, 4) is 17.5 Å². The number of halogens is 1. The van der Waals surface area contributed by atoms with Gasteiger partial charge < -0.3 is 14.8 Å². The number of hydrogen-bond donors (Lipinski definition) is 1. The Morgan fingerprint density at radius 2 is 1.97 bits per heavy atom. The van der Waals surface area contributed by atoms with Gasteiger partial charge >= 0.3 is 0 Å². The Bertz CT molecular complexity index is 1340. The van der Waals surface area contributed by atoms with E-state index >= 15 is 0 Å². The van der Waals surface area contributed by atoms with E-state index in [1.165, 1.54) is 0 Å². The van der Waals surface area contributed by atoms with Crippen molar-refractivity contribution in [2.75, 3.05) is 23.3 Å². The van der Waals surface area contributed by atoms with Crippen molar-refractivity contribution in [1.29, 1.82) is 5.26 Å². The molecular weight excluding hydrogens is 433 g/mol. The van der Waals surface area contributed by atoms with E-state index in [-0.39, 0.29) is 12.2 Å². The minimum absolute atomic E-state index is 0.257. The number of nitrogens with zero attached hydrogens (tertiary/aromatic N) is 8. The van der Waals surface area contributed by atoms with Crippen LogP contribution >= 0.6 is 0 Å². The second-order valence-corrected chi connectivity index (χ2v) is 8.04. The summed E-state index contributed by atoms with van der Waals surface area (Å²) in [6, 6.07) is 11.3. The molecule has 5 rings (SSSR count). The van der Waals surface area contributed by atoms with Gasteiger partial charge in [0.1, 0.15) is 18.1 Å². The first-order valence-electron chi connectivity index (χ1n) is 10.9. The first-order valence-corrected chi connectivity index (χ1v) is 10.9. The van der Waals surface area contributed by atoms with Gasteiger partial charge in [0.25, 0.3) is 0 Å². The van der Waals surface area contributed by atoms with E-state index in [1.54, 1.807) is 36.8 Å². The molecule has 9 nitrogen and oxygen atoms in total. The Labute approximate surface area is 196 Å². The third-order valence-electron chi connectivity index (χ3n) is 5.71. The second kappa shape index (κ2) is 9.23. The topological polar surface area (TPSA) is 108 Å². The van der Waals surface area contributed by atoms with E-state index < -0.39 is 6.17 Å². The number of imidazole rings is 1. The molecule has 1 fully saturated rings. The molecule has 0 radical (unpaired) electrons. The fraction of sp³-hybridized carbons (Fsp3) is 0.250. The maximum atomic E-state index is 13.6. The van der Waals surface area contributed by atoms with Gasteiger partial charge in [-0.2, -0.15) is 5.26 Å². The van der Waals surface area contributed by atoms with Crippen LogP contribution in [0.15, 0.2) is 55.1 Å². The van der Waals surface area contributed by atoms with Gasteiger partial charge in [0.15, 0.2) is 5.69 Å². The normalized spacial score (nSPS) is 15.3. The minimum atomic E-state index is -0.875. The smallest absolute Gasteiger partial charge is 0.227 e. The maximum absolute atomic E-state index is 13.6. The molecule has 1 N–H and O–H groups in total. The molecule has 1 atom stereocenters. The zero-order chi connectivity index (χ0) is 23.5. The van der Waals surface area contributed by atoms with Gasteiger partial charge in [-0.05, 0) is 43.7 Å². The van der Waals surface area contributed by atoms with E-state index in [4.69, 9.17) is 0 Å². The zero-order valence-electron chi connectivity index (χ0n) is 18.6. The number of rotatable bonds is 6. The SMILES string of the molecule is Cc1nccn1Cc1ccc(Nc2nccc(-c3ccc(N4CCC(F)C4)c(C#N)n3)n2)cn1. The molecule has 5 heterocycles. The number of hydrogen-bond acceptors (Lipinski definition) is 8. The molecule has 1 unspecified atom stereocenters. The molecule has 1 saturated heterocycles. The van der Waals surface area contributed by atoms with Gasteiger partial charge in [-0.3, -0.25) is 4.98 Å². The van der Waals surface area contributed by atoms with Gasteiger partial charge in [0, 0.05) is 31.7 Å². The highest BCUT2D eigenvalue weighted by Gasteiger charge is 2.24. The monoisotopic (exact) mass is 455 g/mol. The van der Waals surface area contributed by atoms with Gasteiger partial charge in [0.2, 0.25) is 5.95 Å². The van der Waals surface area contributed by atoms with Crippen LogP contribution in [-0.2, 0) is 6.54 Å². The Hall–Kier alpha value is -4.39. The van der Waals surface area contributed by atoms with Crippen molar-refractivity contribution in [2.24, 2.45) is 0 Å². The Kier molecular flexibility index (Phi) is 5.82. The summed E-state index contributed by atoms with van der Waals surface area (Å²) in [7, 11) is 0. The number of aryl methyl sites for hydroxylation is 1. The number of anilines is 3. The first kappa shape index (κ1) is 21.5. The molecule has 0 spiro atoms. The van der Waals surface area contributed by atoms with Gasteiger partial charge in [-0.25, -0.2) is 24.3 Å². The molecule has 4 aromatic heterocycles. The highest BCUT2D eigenvalue weighted by molar-refractivity contribution is 5.65. The van der Waals surface area contributed by atoms with Crippen molar-refractivity contribution in [1.82, 2.24) is 29.5 Å². The van der Waals surface area contributed by atoms with Crippen molar-refractivity contribution in [3.63, 3.8) is 0 Å². The number of aromatic nitrogens is 6. The second-order valence-electron chi connectivity index (χ2n) is 8.04. The molecule has 0 aromatic carbocycles. The number of alkyl halides is 1. The van der Waals surface area contributed by atoms with Crippen LogP contribution < -0.4 is 10.2 Å². The predicted octanol–water partition coefficient (Wildman–Crippen LogP) is 3.65. The molecule has 0 bridgehead atoms. The van der Waals surface area contributed by atoms with Crippen LogP contribution in [0.5, 0.6) is 0 Å². The van der Waals surface area contributed by atoms with E-state index in [0.717, 1.165) is 17.2 Å². The molecule has 0 saturated carbocycles. The summed E-state index contributed by atoms with van der Waals surface area (Å²) in [6.45, 7) is 3.46. The van der Waals surface area contributed by atoms with Crippen LogP contribution in [0.2, 0.25) is 0 Å². The third kappa shape index (κ3) is 4.54. The van der Waals surface area contributed by atoms with Crippen molar-refractivity contribution < 1.29 is 4.39 Å². The summed E-state index contributed by atoms with van der Waals surface area (Å²) >= 11 is 0. The lowest BCUT2D eigenvalue weighted by Gasteiger charge is -2.18. The summed E-state index contributed by atoms with van der Waals surface area (Å²) in [5.74, 6) is 1.32. The fourth-order valence-electron chi connectivity index (χ4n) is 3.90. The van der Waals surface area contributed by atoms with Crippen molar-refractivity contribution >= 4 is 17.3 Å². The molecular formula is C24H22FN9. The van der Waals surface area contributed by atoms with Crippen molar-refractivity contribution in [3.05, 3.63) is 72.3 Å². The van der Waals surface area contributed by atoms with Crippen LogP contribution in [0.3, 0.4) is 0 Å². The highest BCUT2D eigenvalue weighted by atomic mass is 19.1. The van der Waals surface area contributed by atoms with Crippen molar-refractivity contribution in [2.45, 2.75) is 26.1 Å². The number of pyridine rings is 2. The van der Waals surface area contributed by atoms with E-state index in [0.29, 0.717) is 42.5 Å². The molecule has 10 heteroatoms. The van der Waals surface area contributed by atoms with Crippen LogP contribution in [0.25, 0.3) is 11.4 Å². The molecule has 4 aromatic rings. The van der Waals surface area contributed by atoms with Crippen LogP contribution in [0, 0.1) is 18.3 Å². The third-order valence-corrected chi connectivity index (χ3v) is 5.71. The molecule has 0 amide bonds. The average Bonchev–Trinajstić information content (AvgIpc) is 3.48. The maximum Gasteiger partial charge on any atom is 0.227 e. The van der Waals surface area contributed by atoms with Crippen LogP contribution in [0.4, 0.5) is 21.7 Å². The average molecular weight is 456 g/mol. The number of nitrogens with one attached hydrogen (secondary N) is 1. The fourth-order valence-corrected chi connectivity index (χ4v) is 3.90. The molecule has 170 valence electrons. The number of nitriles is 1. The van der Waals surface area contributed by atoms with E-state index in [2.05, 4.69) is 36.3 Å². The molecule has 34 heavy (non-hydrogen) atoms. The standard InChI is InChI=1S/C24H22FN9/c1-16-27-9-11-33(16)15-19-3-2-18(13-29-19)30-24-28-8-6-21(32-24)20-4-5-23(22(12-26)31-20)34-10-7-17(25)14-34/h2-6,8-9,11,13,17H,7,10,14-15H2,1H3,(H,28,30,32). The lowest BCUT2D eigenvalue weighted by molar-refractivity contribution is 0.364. The largest absolute Gasteiger partial charge is 0.366 e. The molecule has 1 aliphatic rings. The van der Waals surface area contributed by atoms with Gasteiger partial charge in [-0.15, -0.1) is 0 Å². The zero-order valence-corrected chi connectivity index (χ0v) is 18.6. The quantitative estimate of drug-likeness (QED) is 0.469. The van der Waals surface area contributed by atoms with Crippen LogP contribution in [-0.4, -0.2) is 48.7 Å². The summed E-state index contributed by atoms with van der Waals surface area (Å²) in [4.78, 5) is 23.9. The Balaban J connectivity index is 1.32. The first-order chi connectivity index (χ1) is 16.6. The Morgan fingerprint density at radius 1 is 1.09 bits per heavy atom. The lowest BCUT2D eigenvalue weighted by atomic mass is 10.2. The van der Waals surface area contributed by atoms with Gasteiger partial charge in [0.05, 0.1) is 41.2 Å². The summed E-state index contributed by atoms with van der Waals surface area (Å²) in [5, 5.41) is 12.7. The lowest BCUT2D eigenvalue weighted by Crippen LogP contribution is -2.21. The summed E-state index contributed by atoms with van der Waals surface area (Å²) < 4.78 is 15.6. The Morgan fingerprint density at radius 3 is 2.68 bits per heavy atom. The summed E-state index contributed by atoms with van der Waals surface area (Å²) in [5.41, 5.74) is 3.69. The van der Waals surface area contributed by atoms with Gasteiger partial charge in [-0.1, -0.05) is 0 Å². The summed E-state index contributed by atoms with van der Waals surface area (Å²) in [6.07, 6.45) is 6.64.